The van der Waals surface area contributed by atoms with Gasteiger partial charge in [0.15, 0.2) is 6.23 Å². The minimum Gasteiger partial charge on any atom is -0.348 e. The molecule has 3 atom stereocenters. The number of fused-ring (bicyclic) bond motifs is 2. The third kappa shape index (κ3) is 1.51. The normalized spacial score (nSPS) is 31.5. The van der Waals surface area contributed by atoms with Gasteiger partial charge < -0.3 is 10.1 Å². The number of benzene rings is 1. The fourth-order valence-corrected chi connectivity index (χ4v) is 2.92. The van der Waals surface area contributed by atoms with E-state index in [1.165, 1.54) is 0 Å². The number of nitrogens with zero attached hydrogens (tertiary/aromatic N) is 1. The van der Waals surface area contributed by atoms with Crippen LogP contribution < -0.4 is 5.32 Å². The Morgan fingerprint density at radius 1 is 1.05 bits per heavy atom. The van der Waals surface area contributed by atoms with Crippen molar-refractivity contribution in [3.05, 3.63) is 35.4 Å². The van der Waals surface area contributed by atoms with Crippen LogP contribution in [0.3, 0.4) is 0 Å². The average molecular weight is 272 g/mol. The summed E-state index contributed by atoms with van der Waals surface area (Å²) in [6.07, 6.45) is 0.891. The van der Waals surface area contributed by atoms with E-state index in [4.69, 9.17) is 4.74 Å². The predicted octanol–water partition coefficient (Wildman–Crippen LogP) is 0.286. The van der Waals surface area contributed by atoms with Crippen LogP contribution in [-0.2, 0) is 9.53 Å². The summed E-state index contributed by atoms with van der Waals surface area (Å²) in [5, 5.41) is 2.70. The highest BCUT2D eigenvalue weighted by atomic mass is 16.6. The summed E-state index contributed by atoms with van der Waals surface area (Å²) < 4.78 is 5.23. The van der Waals surface area contributed by atoms with Gasteiger partial charge in [0.25, 0.3) is 11.8 Å². The molecule has 0 aliphatic carbocycles. The van der Waals surface area contributed by atoms with Crippen molar-refractivity contribution in [3.63, 3.8) is 0 Å². The molecule has 1 aromatic carbocycles. The van der Waals surface area contributed by atoms with Crippen LogP contribution in [0.2, 0.25) is 0 Å². The number of carbonyl (C=O) groups is 3. The lowest BCUT2D eigenvalue weighted by Gasteiger charge is -2.23. The quantitative estimate of drug-likeness (QED) is 0.588. The van der Waals surface area contributed by atoms with Crippen LogP contribution in [0.4, 0.5) is 0 Å². The van der Waals surface area contributed by atoms with E-state index < -0.39 is 6.04 Å². The number of rotatable bonds is 1. The molecule has 20 heavy (non-hydrogen) atoms. The average Bonchev–Trinajstić information content (AvgIpc) is 3.15. The molecule has 1 aromatic rings. The lowest BCUT2D eigenvalue weighted by Crippen LogP contribution is -2.49. The maximum atomic E-state index is 12.4. The molecule has 0 bridgehead atoms. The van der Waals surface area contributed by atoms with Gasteiger partial charge >= 0.3 is 0 Å². The van der Waals surface area contributed by atoms with Crippen LogP contribution in [0.1, 0.15) is 33.6 Å². The molecule has 2 fully saturated rings. The van der Waals surface area contributed by atoms with Crippen molar-refractivity contribution < 1.29 is 19.1 Å². The van der Waals surface area contributed by atoms with E-state index in [2.05, 4.69) is 5.32 Å². The summed E-state index contributed by atoms with van der Waals surface area (Å²) in [6.45, 7) is 0. The Labute approximate surface area is 114 Å². The third-order valence-corrected chi connectivity index (χ3v) is 4.03. The highest BCUT2D eigenvalue weighted by Gasteiger charge is 2.49. The monoisotopic (exact) mass is 272 g/mol. The molecule has 3 aliphatic rings. The minimum atomic E-state index is -0.737. The molecule has 3 amide bonds. The molecule has 0 saturated carbocycles. The zero-order valence-corrected chi connectivity index (χ0v) is 10.5. The van der Waals surface area contributed by atoms with Gasteiger partial charge in [-0.1, -0.05) is 12.1 Å². The second-order valence-corrected chi connectivity index (χ2v) is 5.22. The van der Waals surface area contributed by atoms with E-state index in [0.717, 1.165) is 4.90 Å². The highest BCUT2D eigenvalue weighted by molar-refractivity contribution is 6.22. The van der Waals surface area contributed by atoms with Crippen molar-refractivity contribution >= 4 is 17.7 Å². The van der Waals surface area contributed by atoms with E-state index in [1.807, 2.05) is 0 Å². The van der Waals surface area contributed by atoms with Crippen molar-refractivity contribution in [1.29, 1.82) is 0 Å². The van der Waals surface area contributed by atoms with Gasteiger partial charge in [0, 0.05) is 0 Å². The Hall–Kier alpha value is -2.21. The number of nitrogens with one attached hydrogen (secondary N) is 1. The van der Waals surface area contributed by atoms with E-state index in [1.54, 1.807) is 24.3 Å². The van der Waals surface area contributed by atoms with Crippen LogP contribution in [-0.4, -0.2) is 41.0 Å². The van der Waals surface area contributed by atoms with Crippen molar-refractivity contribution in [2.75, 3.05) is 0 Å². The Balaban J connectivity index is 1.68. The van der Waals surface area contributed by atoms with Gasteiger partial charge in [-0.05, 0) is 25.0 Å². The Morgan fingerprint density at radius 3 is 2.35 bits per heavy atom. The van der Waals surface area contributed by atoms with Gasteiger partial charge in [0.05, 0.1) is 11.1 Å². The van der Waals surface area contributed by atoms with Gasteiger partial charge in [-0.25, -0.2) is 0 Å². The summed E-state index contributed by atoms with van der Waals surface area (Å²) in [4.78, 5) is 37.9. The summed E-state index contributed by atoms with van der Waals surface area (Å²) in [5.74, 6) is -1.09. The zero-order valence-electron chi connectivity index (χ0n) is 10.5. The van der Waals surface area contributed by atoms with Gasteiger partial charge in [-0.15, -0.1) is 0 Å². The molecule has 4 rings (SSSR count). The number of hydrogen-bond acceptors (Lipinski definition) is 4. The standard InChI is InChI=1S/C14H12N2O4/c17-11-9(5-6-10-12(15-11)20-10)16-13(18)7-3-1-2-4-8(7)14(16)19/h1-4,9-10,12H,5-6H2,(H,15,17). The van der Waals surface area contributed by atoms with Crippen molar-refractivity contribution in [1.82, 2.24) is 10.2 Å². The molecule has 2 saturated heterocycles. The van der Waals surface area contributed by atoms with Crippen molar-refractivity contribution in [3.8, 4) is 0 Å². The third-order valence-electron chi connectivity index (χ3n) is 4.03. The van der Waals surface area contributed by atoms with Crippen LogP contribution in [0, 0.1) is 0 Å². The minimum absolute atomic E-state index is 0.0270. The predicted molar refractivity (Wildman–Crippen MR) is 66.8 cm³/mol. The lowest BCUT2D eigenvalue weighted by molar-refractivity contribution is -0.125. The van der Waals surface area contributed by atoms with Gasteiger partial charge in [-0.2, -0.15) is 0 Å². The summed E-state index contributed by atoms with van der Waals surface area (Å²) in [6, 6.07) is 5.92. The van der Waals surface area contributed by atoms with Gasteiger partial charge in [0.1, 0.15) is 12.1 Å². The molecular weight excluding hydrogens is 260 g/mol. The number of imide groups is 1. The van der Waals surface area contributed by atoms with Crippen molar-refractivity contribution in [2.45, 2.75) is 31.2 Å². The van der Waals surface area contributed by atoms with E-state index in [-0.39, 0.29) is 30.1 Å². The molecule has 1 N–H and O–H groups in total. The molecule has 0 aromatic heterocycles. The Morgan fingerprint density at radius 2 is 1.70 bits per heavy atom. The van der Waals surface area contributed by atoms with E-state index >= 15 is 0 Å². The molecule has 102 valence electrons. The fraction of sp³-hybridized carbons (Fsp3) is 0.357. The smallest absolute Gasteiger partial charge is 0.262 e. The summed E-state index contributed by atoms with van der Waals surface area (Å²) in [7, 11) is 0. The van der Waals surface area contributed by atoms with E-state index in [0.29, 0.717) is 24.0 Å². The molecule has 3 unspecified atom stereocenters. The Kier molecular flexibility index (Phi) is 2.26. The van der Waals surface area contributed by atoms with Crippen molar-refractivity contribution in [2.24, 2.45) is 0 Å². The summed E-state index contributed by atoms with van der Waals surface area (Å²) in [5.41, 5.74) is 0.743. The summed E-state index contributed by atoms with van der Waals surface area (Å²) >= 11 is 0. The molecule has 6 nitrogen and oxygen atoms in total. The first-order valence-electron chi connectivity index (χ1n) is 6.59. The second kappa shape index (κ2) is 3.89. The fourth-order valence-electron chi connectivity index (χ4n) is 2.92. The molecule has 6 heteroatoms. The SMILES string of the molecule is O=C1NC2OC2CCC1N1C(=O)c2ccccc2C1=O. The van der Waals surface area contributed by atoms with Crippen LogP contribution in [0.25, 0.3) is 0 Å². The first kappa shape index (κ1) is 11.6. The largest absolute Gasteiger partial charge is 0.348 e. The number of hydrogen-bond donors (Lipinski definition) is 1. The van der Waals surface area contributed by atoms with Gasteiger partial charge in [0.2, 0.25) is 5.91 Å². The molecule has 3 heterocycles. The lowest BCUT2D eigenvalue weighted by atomic mass is 10.1. The van der Waals surface area contributed by atoms with Crippen LogP contribution in [0.15, 0.2) is 24.3 Å². The number of amides is 3. The molecule has 0 spiro atoms. The number of carbonyl (C=O) groups excluding carboxylic acids is 3. The molecule has 3 aliphatic heterocycles. The maximum absolute atomic E-state index is 12.4. The molecule has 0 radical (unpaired) electrons. The second-order valence-electron chi connectivity index (χ2n) is 5.22. The van der Waals surface area contributed by atoms with Gasteiger partial charge in [-0.3, -0.25) is 19.3 Å². The van der Waals surface area contributed by atoms with E-state index in [9.17, 15) is 14.4 Å². The Bertz CT molecular complexity index is 607. The maximum Gasteiger partial charge on any atom is 0.262 e. The molecular formula is C14H12N2O4. The number of epoxide rings is 1. The topological polar surface area (TPSA) is 79.0 Å². The first-order valence-corrected chi connectivity index (χ1v) is 6.59. The highest BCUT2D eigenvalue weighted by Crippen LogP contribution is 2.32. The number of ether oxygens (including phenoxy) is 1. The zero-order chi connectivity index (χ0) is 13.9. The first-order chi connectivity index (χ1) is 9.66. The van der Waals surface area contributed by atoms with Crippen LogP contribution in [0.5, 0.6) is 0 Å². The van der Waals surface area contributed by atoms with Crippen LogP contribution >= 0.6 is 0 Å².